The van der Waals surface area contributed by atoms with Crippen molar-refractivity contribution in [2.45, 2.75) is 4.90 Å². The summed E-state index contributed by atoms with van der Waals surface area (Å²) in [5, 5.41) is 0. The molecule has 3 nitrogen and oxygen atoms in total. The van der Waals surface area contributed by atoms with Crippen molar-refractivity contribution in [1.82, 2.24) is 0 Å². The molecule has 0 aliphatic rings. The summed E-state index contributed by atoms with van der Waals surface area (Å²) < 4.78 is 27.0. The van der Waals surface area contributed by atoms with Crippen molar-refractivity contribution in [3.8, 4) is 0 Å². The fourth-order valence-electron chi connectivity index (χ4n) is 0.792. The highest BCUT2D eigenvalue weighted by Crippen LogP contribution is 2.12. The summed E-state index contributed by atoms with van der Waals surface area (Å²) in [4.78, 5) is 0.242. The van der Waals surface area contributed by atoms with E-state index in [1.165, 1.54) is 19.2 Å². The van der Waals surface area contributed by atoms with Crippen molar-refractivity contribution >= 4 is 9.84 Å². The molecule has 0 amide bonds. The third-order valence-electron chi connectivity index (χ3n) is 1.29. The fourth-order valence-corrected chi connectivity index (χ4v) is 1.69. The van der Waals surface area contributed by atoms with Gasteiger partial charge in [-0.15, -0.1) is 0 Å². The Morgan fingerprint density at radius 1 is 1.25 bits per heavy atom. The average molecular weight is 185 g/mol. The maximum absolute atomic E-state index is 11.3. The van der Waals surface area contributed by atoms with E-state index in [9.17, 15) is 8.42 Å². The van der Waals surface area contributed by atoms with Gasteiger partial charge in [-0.1, -0.05) is 18.2 Å². The van der Waals surface area contributed by atoms with Crippen molar-refractivity contribution < 1.29 is 13.2 Å². The van der Waals surface area contributed by atoms with Crippen LogP contribution in [-0.4, -0.2) is 15.5 Å². The van der Waals surface area contributed by atoms with Gasteiger partial charge >= 0.3 is 0 Å². The standard InChI is InChI=1S/C8H9O3S/c1-11-7-12(9,10)8-5-3-2-4-6-8/h2-7H,1H3. The zero-order chi connectivity index (χ0) is 9.03. The highest BCUT2D eigenvalue weighted by Gasteiger charge is 2.13. The quantitative estimate of drug-likeness (QED) is 0.711. The first-order valence-corrected chi connectivity index (χ1v) is 4.87. The van der Waals surface area contributed by atoms with Crippen LogP contribution in [-0.2, 0) is 14.6 Å². The van der Waals surface area contributed by atoms with Gasteiger partial charge in [0.1, 0.15) is 0 Å². The SMILES string of the molecule is CO[CH]S(=O)(=O)c1ccccc1. The van der Waals surface area contributed by atoms with E-state index in [4.69, 9.17) is 0 Å². The summed E-state index contributed by atoms with van der Waals surface area (Å²) in [6, 6.07) is 8.12. The Morgan fingerprint density at radius 2 is 1.83 bits per heavy atom. The molecule has 0 aromatic heterocycles. The molecule has 0 heterocycles. The van der Waals surface area contributed by atoms with E-state index in [1.54, 1.807) is 18.2 Å². The number of sulfone groups is 1. The van der Waals surface area contributed by atoms with Crippen molar-refractivity contribution in [3.63, 3.8) is 0 Å². The normalized spacial score (nSPS) is 11.4. The van der Waals surface area contributed by atoms with Crippen LogP contribution < -0.4 is 0 Å². The van der Waals surface area contributed by atoms with E-state index in [2.05, 4.69) is 4.74 Å². The minimum Gasteiger partial charge on any atom is -0.362 e. The van der Waals surface area contributed by atoms with Gasteiger partial charge in [-0.25, -0.2) is 8.42 Å². The topological polar surface area (TPSA) is 43.4 Å². The predicted molar refractivity (Wildman–Crippen MR) is 44.9 cm³/mol. The molecule has 0 saturated carbocycles. The molecule has 0 bridgehead atoms. The van der Waals surface area contributed by atoms with Crippen LogP contribution in [0.1, 0.15) is 0 Å². The van der Waals surface area contributed by atoms with Crippen molar-refractivity contribution in [1.29, 1.82) is 0 Å². The fraction of sp³-hybridized carbons (Fsp3) is 0.125. The molecule has 0 fully saturated rings. The van der Waals surface area contributed by atoms with Crippen LogP contribution in [0.25, 0.3) is 0 Å². The van der Waals surface area contributed by atoms with Gasteiger partial charge in [0, 0.05) is 7.11 Å². The third kappa shape index (κ3) is 2.06. The van der Waals surface area contributed by atoms with Crippen LogP contribution >= 0.6 is 0 Å². The second-order valence-electron chi connectivity index (χ2n) is 2.19. The van der Waals surface area contributed by atoms with Crippen LogP contribution in [0.2, 0.25) is 0 Å². The van der Waals surface area contributed by atoms with Gasteiger partial charge in [0.05, 0.1) is 4.90 Å². The number of ether oxygens (including phenoxy) is 1. The Labute approximate surface area is 71.9 Å². The lowest BCUT2D eigenvalue weighted by atomic mass is 10.4. The number of hydrogen-bond acceptors (Lipinski definition) is 3. The minimum absolute atomic E-state index is 0.242. The second kappa shape index (κ2) is 3.69. The van der Waals surface area contributed by atoms with Crippen LogP contribution in [0.15, 0.2) is 35.2 Å². The van der Waals surface area contributed by atoms with E-state index in [0.717, 1.165) is 5.94 Å². The van der Waals surface area contributed by atoms with Gasteiger partial charge in [0.25, 0.3) is 0 Å². The summed E-state index contributed by atoms with van der Waals surface area (Å²) >= 11 is 0. The molecule has 1 radical (unpaired) electrons. The van der Waals surface area contributed by atoms with E-state index in [-0.39, 0.29) is 4.90 Å². The Bertz CT molecular complexity index is 329. The minimum atomic E-state index is -3.36. The monoisotopic (exact) mass is 185 g/mol. The molecule has 0 aliphatic heterocycles. The molecule has 0 atom stereocenters. The van der Waals surface area contributed by atoms with Gasteiger partial charge in [-0.3, -0.25) is 0 Å². The van der Waals surface area contributed by atoms with Gasteiger partial charge in [0.2, 0.25) is 15.8 Å². The summed E-state index contributed by atoms with van der Waals surface area (Å²) in [5.41, 5.74) is 0. The van der Waals surface area contributed by atoms with Crippen LogP contribution in [0.3, 0.4) is 0 Å². The first-order valence-electron chi connectivity index (χ1n) is 3.33. The molecule has 1 aromatic carbocycles. The highest BCUT2D eigenvalue weighted by atomic mass is 32.2. The molecule has 1 aromatic rings. The first-order chi connectivity index (χ1) is 5.67. The Morgan fingerprint density at radius 3 is 2.33 bits per heavy atom. The highest BCUT2D eigenvalue weighted by molar-refractivity contribution is 7.93. The first kappa shape index (κ1) is 9.22. The summed E-state index contributed by atoms with van der Waals surface area (Å²) in [7, 11) is -2.05. The van der Waals surface area contributed by atoms with Gasteiger partial charge in [0.15, 0.2) is 0 Å². The molecular formula is C8H9O3S. The lowest BCUT2D eigenvalue weighted by molar-refractivity contribution is 0.307. The lowest BCUT2D eigenvalue weighted by Gasteiger charge is -2.00. The number of rotatable bonds is 3. The van der Waals surface area contributed by atoms with Crippen LogP contribution in [0, 0.1) is 5.94 Å². The van der Waals surface area contributed by atoms with Gasteiger partial charge in [-0.05, 0) is 12.1 Å². The molecule has 0 spiro atoms. The molecule has 0 unspecified atom stereocenters. The van der Waals surface area contributed by atoms with E-state index in [0.29, 0.717) is 0 Å². The molecule has 1 rings (SSSR count). The molecule has 4 heteroatoms. The van der Waals surface area contributed by atoms with E-state index in [1.807, 2.05) is 0 Å². The molecule has 0 N–H and O–H groups in total. The van der Waals surface area contributed by atoms with Gasteiger partial charge < -0.3 is 4.74 Å². The molecule has 12 heavy (non-hydrogen) atoms. The predicted octanol–water partition coefficient (Wildman–Crippen LogP) is 1.23. The smallest absolute Gasteiger partial charge is 0.208 e. The number of benzene rings is 1. The maximum atomic E-state index is 11.3. The molecule has 0 aliphatic carbocycles. The van der Waals surface area contributed by atoms with Crippen LogP contribution in [0.4, 0.5) is 0 Å². The largest absolute Gasteiger partial charge is 0.362 e. The Balaban J connectivity index is 2.99. The summed E-state index contributed by atoms with van der Waals surface area (Å²) in [6.45, 7) is 0. The maximum Gasteiger partial charge on any atom is 0.208 e. The van der Waals surface area contributed by atoms with E-state index < -0.39 is 9.84 Å². The van der Waals surface area contributed by atoms with E-state index >= 15 is 0 Å². The summed E-state index contributed by atoms with van der Waals surface area (Å²) in [5.74, 6) is 0.822. The van der Waals surface area contributed by atoms with Gasteiger partial charge in [-0.2, -0.15) is 0 Å². The Kier molecular flexibility index (Phi) is 2.83. The average Bonchev–Trinajstić information content (AvgIpc) is 2.06. The summed E-state index contributed by atoms with van der Waals surface area (Å²) in [6.07, 6.45) is 0. The van der Waals surface area contributed by atoms with Crippen molar-refractivity contribution in [3.05, 3.63) is 36.3 Å². The number of methoxy groups -OCH3 is 1. The Hall–Kier alpha value is -0.870. The van der Waals surface area contributed by atoms with Crippen LogP contribution in [0.5, 0.6) is 0 Å². The molecule has 65 valence electrons. The zero-order valence-electron chi connectivity index (χ0n) is 6.60. The van der Waals surface area contributed by atoms with Crippen molar-refractivity contribution in [2.75, 3.05) is 7.11 Å². The second-order valence-corrected chi connectivity index (χ2v) is 3.94. The number of hydrogen-bond donors (Lipinski definition) is 0. The lowest BCUT2D eigenvalue weighted by Crippen LogP contribution is -2.01. The van der Waals surface area contributed by atoms with Crippen molar-refractivity contribution in [2.24, 2.45) is 0 Å². The third-order valence-corrected chi connectivity index (χ3v) is 2.67. The molecule has 0 saturated heterocycles. The molecular weight excluding hydrogens is 176 g/mol. The zero-order valence-corrected chi connectivity index (χ0v) is 7.41.